The van der Waals surface area contributed by atoms with Gasteiger partial charge in [0.2, 0.25) is 0 Å². The lowest BCUT2D eigenvalue weighted by Gasteiger charge is -2.54. The van der Waals surface area contributed by atoms with Crippen LogP contribution in [0.2, 0.25) is 0 Å². The fourth-order valence-corrected chi connectivity index (χ4v) is 6.52. The van der Waals surface area contributed by atoms with Crippen molar-refractivity contribution in [1.82, 2.24) is 0 Å². The van der Waals surface area contributed by atoms with Crippen molar-refractivity contribution in [2.75, 3.05) is 0 Å². The zero-order valence-corrected chi connectivity index (χ0v) is 13.6. The maximum absolute atomic E-state index is 13.1. The molecule has 0 aromatic heterocycles. The number of fused-ring (bicyclic) bond motifs is 7. The van der Waals surface area contributed by atoms with E-state index in [1.807, 2.05) is 6.92 Å². The van der Waals surface area contributed by atoms with Gasteiger partial charge in [-0.05, 0) is 37.2 Å². The number of Topliss-reactive ketones (excluding diaryl/α,β-unsaturated/α-hetero) is 2. The topological polar surface area (TPSA) is 63.7 Å². The molecule has 0 spiro atoms. The minimum Gasteiger partial charge on any atom is -0.360 e. The number of hydrogen-bond donors (Lipinski definition) is 0. The predicted molar refractivity (Wildman–Crippen MR) is 81.5 cm³/mol. The molecule has 0 N–H and O–H groups in total. The molecule has 1 heterocycles. The van der Waals surface area contributed by atoms with Gasteiger partial charge in [-0.25, -0.2) is 0 Å². The summed E-state index contributed by atoms with van der Waals surface area (Å²) in [7, 11) is 0. The van der Waals surface area contributed by atoms with E-state index in [-0.39, 0.29) is 46.8 Å². The number of ether oxygens (including phenoxy) is 1. The van der Waals surface area contributed by atoms with Crippen LogP contribution in [0.5, 0.6) is 0 Å². The van der Waals surface area contributed by atoms with E-state index in [9.17, 15) is 14.4 Å². The molecule has 3 saturated carbocycles. The molecule has 1 saturated heterocycles. The molecule has 5 aliphatic rings. The van der Waals surface area contributed by atoms with Gasteiger partial charge in [-0.1, -0.05) is 19.4 Å². The van der Waals surface area contributed by atoms with E-state index in [1.165, 1.54) is 0 Å². The van der Waals surface area contributed by atoms with Crippen LogP contribution in [-0.4, -0.2) is 29.6 Å². The lowest BCUT2D eigenvalue weighted by atomic mass is 9.47. The average Bonchev–Trinajstić information content (AvgIpc) is 3.24. The molecule has 4 fully saturated rings. The number of rotatable bonds is 0. The predicted octanol–water partition coefficient (Wildman–Crippen LogP) is 2.25. The molecule has 7 atom stereocenters. The van der Waals surface area contributed by atoms with Gasteiger partial charge in [-0.2, -0.15) is 0 Å². The number of carbonyl (C=O) groups is 3. The van der Waals surface area contributed by atoms with Gasteiger partial charge >= 0.3 is 0 Å². The molecule has 122 valence electrons. The highest BCUT2D eigenvalue weighted by Gasteiger charge is 2.69. The second-order valence-electron chi connectivity index (χ2n) is 8.64. The summed E-state index contributed by atoms with van der Waals surface area (Å²) in [4.78, 5) is 37.5. The van der Waals surface area contributed by atoms with Gasteiger partial charge in [0.25, 0.3) is 0 Å². The van der Waals surface area contributed by atoms with Crippen molar-refractivity contribution in [2.24, 2.45) is 28.6 Å². The van der Waals surface area contributed by atoms with Crippen LogP contribution in [0.4, 0.5) is 0 Å². The highest BCUT2D eigenvalue weighted by Crippen LogP contribution is 2.65. The first kappa shape index (κ1) is 14.1. The first-order chi connectivity index (χ1) is 10.9. The van der Waals surface area contributed by atoms with Crippen LogP contribution in [0.1, 0.15) is 46.0 Å². The molecule has 1 aliphatic heterocycles. The summed E-state index contributed by atoms with van der Waals surface area (Å²) >= 11 is 0. The molecule has 0 bridgehead atoms. The molecule has 0 aromatic carbocycles. The molecule has 0 radical (unpaired) electrons. The van der Waals surface area contributed by atoms with Crippen molar-refractivity contribution < 1.29 is 19.1 Å². The van der Waals surface area contributed by atoms with Crippen molar-refractivity contribution in [1.29, 1.82) is 0 Å². The molecule has 23 heavy (non-hydrogen) atoms. The van der Waals surface area contributed by atoms with E-state index in [0.29, 0.717) is 18.8 Å². The van der Waals surface area contributed by atoms with Crippen molar-refractivity contribution in [2.45, 2.75) is 58.2 Å². The Morgan fingerprint density at radius 2 is 1.91 bits per heavy atom. The quantitative estimate of drug-likeness (QED) is 0.643. The highest BCUT2D eigenvalue weighted by atomic mass is 16.6. The average molecular weight is 314 g/mol. The highest BCUT2D eigenvalue weighted by molar-refractivity contribution is 6.00. The zero-order chi connectivity index (χ0) is 16.1. The number of epoxide rings is 1. The van der Waals surface area contributed by atoms with Crippen LogP contribution < -0.4 is 0 Å². The first-order valence-electron chi connectivity index (χ1n) is 8.84. The minimum absolute atomic E-state index is 0.0741. The Balaban J connectivity index is 1.61. The van der Waals surface area contributed by atoms with E-state index in [4.69, 9.17) is 4.74 Å². The van der Waals surface area contributed by atoms with Crippen LogP contribution in [0.3, 0.4) is 0 Å². The van der Waals surface area contributed by atoms with E-state index in [2.05, 4.69) is 6.92 Å². The Bertz CT molecular complexity index is 691. The molecular weight excluding hydrogens is 292 g/mol. The second kappa shape index (κ2) is 4.02. The summed E-state index contributed by atoms with van der Waals surface area (Å²) in [6.07, 6.45) is 5.03. The third-order valence-corrected chi connectivity index (χ3v) is 7.74. The molecule has 0 amide bonds. The normalized spacial score (nSPS) is 53.9. The Kier molecular flexibility index (Phi) is 2.47. The summed E-state index contributed by atoms with van der Waals surface area (Å²) in [6, 6.07) is 0. The maximum Gasteiger partial charge on any atom is 0.187 e. The summed E-state index contributed by atoms with van der Waals surface area (Å²) in [5.41, 5.74) is 0.346. The maximum atomic E-state index is 13.1. The monoisotopic (exact) mass is 314 g/mol. The molecule has 0 aromatic rings. The van der Waals surface area contributed by atoms with Crippen LogP contribution in [-0.2, 0) is 19.1 Å². The largest absolute Gasteiger partial charge is 0.360 e. The standard InChI is InChI=1S/C19H22O4/c1-18-8-13(21)15-10(11(18)5-6-14(18)22)4-3-9-7-12(20)16-17(23-16)19(9,15)2/h7,10-11,15-17H,3-6,8H2,1-2H3/t10-,11-,15+,16-,17-,18-,19-/m0/s1. The van der Waals surface area contributed by atoms with Gasteiger partial charge in [0.1, 0.15) is 23.8 Å². The van der Waals surface area contributed by atoms with E-state index in [0.717, 1.165) is 24.8 Å². The van der Waals surface area contributed by atoms with Crippen molar-refractivity contribution in [3.05, 3.63) is 11.6 Å². The van der Waals surface area contributed by atoms with Crippen molar-refractivity contribution in [3.63, 3.8) is 0 Å². The van der Waals surface area contributed by atoms with Crippen LogP contribution in [0, 0.1) is 28.6 Å². The van der Waals surface area contributed by atoms with E-state index in [1.54, 1.807) is 6.08 Å². The summed E-state index contributed by atoms with van der Waals surface area (Å²) < 4.78 is 5.70. The third kappa shape index (κ3) is 1.49. The van der Waals surface area contributed by atoms with Gasteiger partial charge in [-0.3, -0.25) is 14.4 Å². The van der Waals surface area contributed by atoms with Crippen molar-refractivity contribution in [3.8, 4) is 0 Å². The van der Waals surface area contributed by atoms with Gasteiger partial charge < -0.3 is 4.74 Å². The zero-order valence-electron chi connectivity index (χ0n) is 13.6. The summed E-state index contributed by atoms with van der Waals surface area (Å²) in [5, 5.41) is 0. The fourth-order valence-electron chi connectivity index (χ4n) is 6.52. The smallest absolute Gasteiger partial charge is 0.187 e. The fraction of sp³-hybridized carbons (Fsp3) is 0.737. The first-order valence-corrected chi connectivity index (χ1v) is 8.84. The van der Waals surface area contributed by atoms with Crippen LogP contribution in [0.25, 0.3) is 0 Å². The molecule has 5 rings (SSSR count). The SMILES string of the molecule is C[C@@]12C(=CC(=O)[C@@H]3O[C@@H]31)CC[C@@H]1[C@@H]2C(=O)C[C@]2(C)C(=O)CC[C@@H]12. The molecule has 0 unspecified atom stereocenters. The molecular formula is C19H22O4. The van der Waals surface area contributed by atoms with Crippen LogP contribution in [0.15, 0.2) is 11.6 Å². The lowest BCUT2D eigenvalue weighted by Crippen LogP contribution is -2.57. The molecule has 4 aliphatic carbocycles. The van der Waals surface area contributed by atoms with E-state index < -0.39 is 5.41 Å². The van der Waals surface area contributed by atoms with Crippen LogP contribution >= 0.6 is 0 Å². The molecule has 4 heteroatoms. The number of ketones is 3. The summed E-state index contributed by atoms with van der Waals surface area (Å²) in [5.74, 6) is 1.10. The van der Waals surface area contributed by atoms with Gasteiger partial charge in [0.05, 0.1) is 0 Å². The number of hydrogen-bond acceptors (Lipinski definition) is 4. The Morgan fingerprint density at radius 3 is 2.70 bits per heavy atom. The van der Waals surface area contributed by atoms with Gasteiger partial charge in [-0.15, -0.1) is 0 Å². The second-order valence-corrected chi connectivity index (χ2v) is 8.64. The Hall–Kier alpha value is -1.29. The Morgan fingerprint density at radius 1 is 1.13 bits per heavy atom. The van der Waals surface area contributed by atoms with Crippen molar-refractivity contribution >= 4 is 17.3 Å². The van der Waals surface area contributed by atoms with E-state index >= 15 is 0 Å². The van der Waals surface area contributed by atoms with Gasteiger partial charge in [0, 0.05) is 29.6 Å². The lowest BCUT2D eigenvalue weighted by molar-refractivity contribution is -0.150. The summed E-state index contributed by atoms with van der Waals surface area (Å²) in [6.45, 7) is 4.14. The minimum atomic E-state index is -0.440. The van der Waals surface area contributed by atoms with Gasteiger partial charge in [0.15, 0.2) is 5.78 Å². The number of carbonyl (C=O) groups excluding carboxylic acids is 3. The third-order valence-electron chi connectivity index (χ3n) is 7.74. The Labute approximate surface area is 135 Å². The molecule has 4 nitrogen and oxygen atoms in total.